The number of para-hydroxylation sites is 1. The molecule has 29 heavy (non-hydrogen) atoms. The second-order valence-electron chi connectivity index (χ2n) is 5.87. The SMILES string of the molecule is CCOc1ccccc1C(=O)NCCNC(=O)c1nc(-c2cccc(Cl)c2)no1. The first-order valence-corrected chi connectivity index (χ1v) is 9.34. The smallest absolute Gasteiger partial charge is 0.316 e. The van der Waals surface area contributed by atoms with Crippen LogP contribution in [-0.4, -0.2) is 41.7 Å². The molecule has 0 radical (unpaired) electrons. The summed E-state index contributed by atoms with van der Waals surface area (Å²) in [5, 5.41) is 9.65. The average Bonchev–Trinajstić information content (AvgIpc) is 3.22. The number of benzene rings is 2. The van der Waals surface area contributed by atoms with Crippen LogP contribution >= 0.6 is 11.6 Å². The van der Waals surface area contributed by atoms with Crippen molar-refractivity contribution in [2.75, 3.05) is 19.7 Å². The minimum Gasteiger partial charge on any atom is -0.493 e. The van der Waals surface area contributed by atoms with E-state index in [1.165, 1.54) is 0 Å². The van der Waals surface area contributed by atoms with Gasteiger partial charge in [-0.15, -0.1) is 0 Å². The number of amides is 2. The van der Waals surface area contributed by atoms with Crippen LogP contribution in [0.2, 0.25) is 5.02 Å². The Kier molecular flexibility index (Phi) is 6.80. The first kappa shape index (κ1) is 20.3. The van der Waals surface area contributed by atoms with Crippen molar-refractivity contribution in [2.45, 2.75) is 6.92 Å². The molecule has 0 aliphatic rings. The number of aromatic nitrogens is 2. The highest BCUT2D eigenvalue weighted by atomic mass is 35.5. The minimum absolute atomic E-state index is 0.173. The van der Waals surface area contributed by atoms with E-state index in [2.05, 4.69) is 20.8 Å². The normalized spacial score (nSPS) is 10.4. The molecule has 1 heterocycles. The molecular formula is C20H19ClN4O4. The number of rotatable bonds is 8. The number of halogens is 1. The summed E-state index contributed by atoms with van der Waals surface area (Å²) in [6.45, 7) is 2.72. The molecule has 2 aromatic carbocycles. The molecule has 1 aromatic heterocycles. The third kappa shape index (κ3) is 5.32. The molecule has 8 nitrogen and oxygen atoms in total. The maximum atomic E-state index is 12.3. The molecule has 0 spiro atoms. The number of hydrogen-bond donors (Lipinski definition) is 2. The lowest BCUT2D eigenvalue weighted by atomic mass is 10.2. The average molecular weight is 415 g/mol. The first-order valence-electron chi connectivity index (χ1n) is 8.96. The van der Waals surface area contributed by atoms with Gasteiger partial charge in [-0.1, -0.05) is 41.0 Å². The Morgan fingerprint density at radius 3 is 2.59 bits per heavy atom. The number of hydrogen-bond acceptors (Lipinski definition) is 6. The van der Waals surface area contributed by atoms with Gasteiger partial charge in [0.25, 0.3) is 5.91 Å². The Morgan fingerprint density at radius 2 is 1.83 bits per heavy atom. The van der Waals surface area contributed by atoms with Crippen LogP contribution in [0.1, 0.15) is 28.0 Å². The van der Waals surface area contributed by atoms with Crippen molar-refractivity contribution in [3.8, 4) is 17.1 Å². The fourth-order valence-electron chi connectivity index (χ4n) is 2.52. The van der Waals surface area contributed by atoms with E-state index in [1.54, 1.807) is 48.5 Å². The molecule has 3 aromatic rings. The van der Waals surface area contributed by atoms with Gasteiger partial charge in [0.05, 0.1) is 12.2 Å². The molecule has 3 rings (SSSR count). The van der Waals surface area contributed by atoms with E-state index in [9.17, 15) is 9.59 Å². The van der Waals surface area contributed by atoms with Crippen LogP contribution in [0.25, 0.3) is 11.4 Å². The van der Waals surface area contributed by atoms with Crippen molar-refractivity contribution in [1.82, 2.24) is 20.8 Å². The number of nitrogens with one attached hydrogen (secondary N) is 2. The maximum absolute atomic E-state index is 12.3. The molecule has 0 bridgehead atoms. The fourth-order valence-corrected chi connectivity index (χ4v) is 2.71. The summed E-state index contributed by atoms with van der Waals surface area (Å²) in [4.78, 5) is 28.5. The van der Waals surface area contributed by atoms with Gasteiger partial charge in [-0.05, 0) is 31.2 Å². The molecule has 0 fully saturated rings. The maximum Gasteiger partial charge on any atom is 0.316 e. The van der Waals surface area contributed by atoms with Crippen LogP contribution < -0.4 is 15.4 Å². The highest BCUT2D eigenvalue weighted by Gasteiger charge is 2.16. The minimum atomic E-state index is -0.533. The third-order valence-electron chi connectivity index (χ3n) is 3.83. The van der Waals surface area contributed by atoms with Crippen molar-refractivity contribution in [3.05, 3.63) is 65.0 Å². The zero-order chi connectivity index (χ0) is 20.6. The Bertz CT molecular complexity index is 1010. The Labute approximate surface area is 172 Å². The number of carbonyl (C=O) groups is 2. The van der Waals surface area contributed by atoms with Crippen molar-refractivity contribution in [3.63, 3.8) is 0 Å². The molecule has 0 saturated heterocycles. The van der Waals surface area contributed by atoms with Gasteiger partial charge in [0.1, 0.15) is 5.75 Å². The fraction of sp³-hybridized carbons (Fsp3) is 0.200. The van der Waals surface area contributed by atoms with Gasteiger partial charge < -0.3 is 19.9 Å². The molecule has 0 saturated carbocycles. The van der Waals surface area contributed by atoms with E-state index in [0.717, 1.165) is 0 Å². The topological polar surface area (TPSA) is 106 Å². The van der Waals surface area contributed by atoms with Gasteiger partial charge in [0, 0.05) is 23.7 Å². The molecule has 0 atom stereocenters. The third-order valence-corrected chi connectivity index (χ3v) is 4.07. The van der Waals surface area contributed by atoms with E-state index in [0.29, 0.717) is 28.5 Å². The van der Waals surface area contributed by atoms with Crippen LogP contribution in [0.5, 0.6) is 5.75 Å². The Morgan fingerprint density at radius 1 is 1.07 bits per heavy atom. The molecule has 2 amide bonds. The van der Waals surface area contributed by atoms with Gasteiger partial charge in [-0.2, -0.15) is 4.98 Å². The summed E-state index contributed by atoms with van der Waals surface area (Å²) >= 11 is 5.94. The molecule has 0 aliphatic carbocycles. The van der Waals surface area contributed by atoms with Gasteiger partial charge >= 0.3 is 11.8 Å². The van der Waals surface area contributed by atoms with Gasteiger partial charge in [0.2, 0.25) is 5.82 Å². The summed E-state index contributed by atoms with van der Waals surface area (Å²) in [5.74, 6) is -0.221. The van der Waals surface area contributed by atoms with Crippen LogP contribution in [0.4, 0.5) is 0 Å². The largest absolute Gasteiger partial charge is 0.493 e. The molecule has 0 aliphatic heterocycles. The summed E-state index contributed by atoms with van der Waals surface area (Å²) in [7, 11) is 0. The van der Waals surface area contributed by atoms with Crippen molar-refractivity contribution in [2.24, 2.45) is 0 Å². The van der Waals surface area contributed by atoms with Crippen molar-refractivity contribution < 1.29 is 18.8 Å². The molecular weight excluding hydrogens is 396 g/mol. The highest BCUT2D eigenvalue weighted by Crippen LogP contribution is 2.20. The monoisotopic (exact) mass is 414 g/mol. The first-order chi connectivity index (χ1) is 14.1. The van der Waals surface area contributed by atoms with Crippen LogP contribution in [-0.2, 0) is 0 Å². The quantitative estimate of drug-likeness (QED) is 0.549. The lowest BCUT2D eigenvalue weighted by Gasteiger charge is -2.10. The van der Waals surface area contributed by atoms with Crippen molar-refractivity contribution >= 4 is 23.4 Å². The van der Waals surface area contributed by atoms with E-state index in [4.69, 9.17) is 20.9 Å². The van der Waals surface area contributed by atoms with Crippen LogP contribution in [0.15, 0.2) is 53.1 Å². The zero-order valence-electron chi connectivity index (χ0n) is 15.6. The second kappa shape index (κ2) is 9.70. The molecule has 150 valence electrons. The van der Waals surface area contributed by atoms with E-state index < -0.39 is 5.91 Å². The number of nitrogens with zero attached hydrogens (tertiary/aromatic N) is 2. The van der Waals surface area contributed by atoms with E-state index >= 15 is 0 Å². The van der Waals surface area contributed by atoms with E-state index in [1.807, 2.05) is 6.92 Å². The summed E-state index contributed by atoms with van der Waals surface area (Å²) < 4.78 is 10.4. The molecule has 9 heteroatoms. The predicted molar refractivity (Wildman–Crippen MR) is 107 cm³/mol. The van der Waals surface area contributed by atoms with E-state index in [-0.39, 0.29) is 30.7 Å². The summed E-state index contributed by atoms with van der Waals surface area (Å²) in [6, 6.07) is 13.9. The summed E-state index contributed by atoms with van der Waals surface area (Å²) in [5.41, 5.74) is 1.07. The Balaban J connectivity index is 1.50. The number of carbonyl (C=O) groups excluding carboxylic acids is 2. The zero-order valence-corrected chi connectivity index (χ0v) is 16.4. The van der Waals surface area contributed by atoms with Crippen LogP contribution in [0, 0.1) is 0 Å². The Hall–Kier alpha value is -3.39. The van der Waals surface area contributed by atoms with Crippen LogP contribution in [0.3, 0.4) is 0 Å². The highest BCUT2D eigenvalue weighted by molar-refractivity contribution is 6.30. The van der Waals surface area contributed by atoms with Gasteiger partial charge in [-0.3, -0.25) is 9.59 Å². The second-order valence-corrected chi connectivity index (χ2v) is 6.31. The predicted octanol–water partition coefficient (Wildman–Crippen LogP) is 2.95. The lowest BCUT2D eigenvalue weighted by molar-refractivity contribution is 0.0897. The van der Waals surface area contributed by atoms with Crippen molar-refractivity contribution in [1.29, 1.82) is 0 Å². The number of ether oxygens (including phenoxy) is 1. The standard InChI is InChI=1S/C20H19ClN4O4/c1-2-28-16-9-4-3-8-15(16)18(26)22-10-11-23-19(27)20-24-17(25-29-20)13-6-5-7-14(21)12-13/h3-9,12H,2,10-11H2,1H3,(H,22,26)(H,23,27). The van der Waals surface area contributed by atoms with Gasteiger partial charge in [0.15, 0.2) is 0 Å². The molecule has 0 unspecified atom stereocenters. The molecule has 2 N–H and O–H groups in total. The summed E-state index contributed by atoms with van der Waals surface area (Å²) in [6.07, 6.45) is 0. The van der Waals surface area contributed by atoms with Gasteiger partial charge in [-0.25, -0.2) is 0 Å². The lowest BCUT2D eigenvalue weighted by Crippen LogP contribution is -2.35.